The molecule has 0 fully saturated rings. The van der Waals surface area contributed by atoms with Crippen LogP contribution in [-0.2, 0) is 0 Å². The molecule has 7 nitrogen and oxygen atoms in total. The second kappa shape index (κ2) is 19.5. The van der Waals surface area contributed by atoms with Gasteiger partial charge in [0.2, 0.25) is 0 Å². The molecule has 0 spiro atoms. The number of pyridine rings is 3. The summed E-state index contributed by atoms with van der Waals surface area (Å²) in [6, 6.07) is 73.4. The smallest absolute Gasteiger partial charge is 0.0858 e. The van der Waals surface area contributed by atoms with Crippen LogP contribution in [0.3, 0.4) is 0 Å². The Balaban J connectivity index is 0.944. The highest BCUT2D eigenvalue weighted by molar-refractivity contribution is 5.94. The standard InChI is InChI=1S/C67H51N7/c1-44-25-33-66(46(3)71-44)73-42-57(40-69-73)63-23-12-10-21-61(63)55-36-54(37-56(38-55)62-22-11-13-24-64(62)58-41-70-74(43-58)67-34-26-45(2)72-47(67)4)60-20-9-8-19-59(60)53-31-32-65(68-39-53)52-18-14-17-51(35-52)50-29-27-49(28-30-50)48-15-6-5-7-16-48/h5-43H,1-4H3. The molecular weight excluding hydrogens is 903 g/mol. The normalized spacial score (nSPS) is 11.2. The fourth-order valence-corrected chi connectivity index (χ4v) is 10.2. The molecule has 0 aliphatic rings. The zero-order valence-corrected chi connectivity index (χ0v) is 41.6. The highest BCUT2D eigenvalue weighted by Gasteiger charge is 2.19. The monoisotopic (exact) mass is 953 g/mol. The van der Waals surface area contributed by atoms with Gasteiger partial charge in [-0.25, -0.2) is 9.36 Å². The third-order valence-electron chi connectivity index (χ3n) is 13.9. The quantitative estimate of drug-likeness (QED) is 0.129. The van der Waals surface area contributed by atoms with Crippen molar-refractivity contribution in [2.24, 2.45) is 0 Å². The molecule has 0 aliphatic carbocycles. The maximum atomic E-state index is 5.11. The van der Waals surface area contributed by atoms with Gasteiger partial charge in [-0.3, -0.25) is 15.0 Å². The first kappa shape index (κ1) is 45.5. The van der Waals surface area contributed by atoms with Gasteiger partial charge in [0.25, 0.3) is 0 Å². The second-order valence-corrected chi connectivity index (χ2v) is 18.9. The first-order valence-corrected chi connectivity index (χ1v) is 24.9. The summed E-state index contributed by atoms with van der Waals surface area (Å²) < 4.78 is 3.86. The summed E-state index contributed by atoms with van der Waals surface area (Å²) in [4.78, 5) is 14.6. The van der Waals surface area contributed by atoms with Gasteiger partial charge < -0.3 is 0 Å². The molecular formula is C67H51N7. The Hall–Kier alpha value is -9.59. The maximum absolute atomic E-state index is 5.11. The van der Waals surface area contributed by atoms with Crippen molar-refractivity contribution in [1.29, 1.82) is 0 Å². The predicted octanol–water partition coefficient (Wildman–Crippen LogP) is 16.5. The van der Waals surface area contributed by atoms with Gasteiger partial charge >= 0.3 is 0 Å². The Morgan fingerprint density at radius 3 is 1.12 bits per heavy atom. The van der Waals surface area contributed by atoms with Gasteiger partial charge in [0.15, 0.2) is 0 Å². The van der Waals surface area contributed by atoms with Crippen molar-refractivity contribution in [1.82, 2.24) is 34.5 Å². The third kappa shape index (κ3) is 9.03. The molecule has 0 atom stereocenters. The minimum atomic E-state index is 0.917. The Kier molecular flexibility index (Phi) is 12.0. The van der Waals surface area contributed by atoms with Crippen LogP contribution in [0.25, 0.3) is 112 Å². The van der Waals surface area contributed by atoms with Crippen molar-refractivity contribution in [2.45, 2.75) is 27.7 Å². The largest absolute Gasteiger partial charge is 0.256 e. The lowest BCUT2D eigenvalue weighted by molar-refractivity contribution is 0.858. The van der Waals surface area contributed by atoms with Crippen molar-refractivity contribution in [3.8, 4) is 112 Å². The van der Waals surface area contributed by atoms with Crippen LogP contribution in [0, 0.1) is 27.7 Å². The second-order valence-electron chi connectivity index (χ2n) is 18.9. The van der Waals surface area contributed by atoms with Crippen molar-refractivity contribution in [3.05, 3.63) is 260 Å². The number of rotatable bonds is 11. The van der Waals surface area contributed by atoms with Crippen LogP contribution in [0.1, 0.15) is 22.8 Å². The number of aromatic nitrogens is 7. The summed E-state index contributed by atoms with van der Waals surface area (Å²) in [5, 5.41) is 9.71. The van der Waals surface area contributed by atoms with E-state index in [4.69, 9.17) is 25.1 Å². The van der Waals surface area contributed by atoms with Crippen LogP contribution in [0.2, 0.25) is 0 Å². The van der Waals surface area contributed by atoms with Crippen LogP contribution in [0.15, 0.2) is 237 Å². The molecule has 354 valence electrons. The maximum Gasteiger partial charge on any atom is 0.0858 e. The first-order chi connectivity index (χ1) is 36.3. The zero-order chi connectivity index (χ0) is 50.1. The van der Waals surface area contributed by atoms with E-state index in [0.717, 1.165) is 118 Å². The summed E-state index contributed by atoms with van der Waals surface area (Å²) in [6.07, 6.45) is 10.1. The van der Waals surface area contributed by atoms with Crippen molar-refractivity contribution in [3.63, 3.8) is 0 Å². The Morgan fingerprint density at radius 2 is 0.662 bits per heavy atom. The molecule has 0 unspecified atom stereocenters. The third-order valence-corrected chi connectivity index (χ3v) is 13.9. The van der Waals surface area contributed by atoms with Crippen molar-refractivity contribution < 1.29 is 0 Å². The summed E-state index contributed by atoms with van der Waals surface area (Å²) in [5.41, 5.74) is 25.3. The molecule has 0 saturated carbocycles. The van der Waals surface area contributed by atoms with Crippen LogP contribution in [0.4, 0.5) is 0 Å². The van der Waals surface area contributed by atoms with Crippen molar-refractivity contribution in [2.75, 3.05) is 0 Å². The van der Waals surface area contributed by atoms with Gasteiger partial charge in [0.05, 0.1) is 40.9 Å². The zero-order valence-electron chi connectivity index (χ0n) is 41.6. The highest BCUT2D eigenvalue weighted by Crippen LogP contribution is 2.42. The lowest BCUT2D eigenvalue weighted by Crippen LogP contribution is -2.00. The number of aryl methyl sites for hydroxylation is 4. The molecule has 7 aromatic carbocycles. The fourth-order valence-electron chi connectivity index (χ4n) is 10.2. The number of benzene rings is 7. The number of hydrogen-bond acceptors (Lipinski definition) is 5. The molecule has 0 saturated heterocycles. The van der Waals surface area contributed by atoms with E-state index in [1.54, 1.807) is 0 Å². The van der Waals surface area contributed by atoms with E-state index in [2.05, 4.69) is 207 Å². The van der Waals surface area contributed by atoms with E-state index in [0.29, 0.717) is 0 Å². The van der Waals surface area contributed by atoms with E-state index >= 15 is 0 Å². The van der Waals surface area contributed by atoms with E-state index in [1.807, 2.05) is 67.8 Å². The molecule has 0 N–H and O–H groups in total. The van der Waals surface area contributed by atoms with Crippen LogP contribution in [0.5, 0.6) is 0 Å². The topological polar surface area (TPSA) is 74.3 Å². The summed E-state index contributed by atoms with van der Waals surface area (Å²) in [6.45, 7) is 8.09. The van der Waals surface area contributed by atoms with Crippen LogP contribution < -0.4 is 0 Å². The van der Waals surface area contributed by atoms with Gasteiger partial charge in [0.1, 0.15) is 0 Å². The molecule has 12 rings (SSSR count). The average molecular weight is 954 g/mol. The molecule has 0 bridgehead atoms. The lowest BCUT2D eigenvalue weighted by atomic mass is 9.87. The van der Waals surface area contributed by atoms with E-state index in [9.17, 15) is 0 Å². The van der Waals surface area contributed by atoms with E-state index < -0.39 is 0 Å². The molecule has 0 amide bonds. The summed E-state index contributed by atoms with van der Waals surface area (Å²) in [7, 11) is 0. The lowest BCUT2D eigenvalue weighted by Gasteiger charge is -2.17. The Morgan fingerprint density at radius 1 is 0.284 bits per heavy atom. The van der Waals surface area contributed by atoms with Gasteiger partial charge in [-0.2, -0.15) is 10.2 Å². The molecule has 0 radical (unpaired) electrons. The minimum Gasteiger partial charge on any atom is -0.256 e. The minimum absolute atomic E-state index is 0.917. The van der Waals surface area contributed by atoms with Gasteiger partial charge in [-0.05, 0) is 155 Å². The molecule has 5 heterocycles. The van der Waals surface area contributed by atoms with Crippen LogP contribution >= 0.6 is 0 Å². The van der Waals surface area contributed by atoms with E-state index in [-0.39, 0.29) is 0 Å². The average Bonchev–Trinajstić information content (AvgIpc) is 4.15. The Bertz CT molecular complexity index is 3850. The summed E-state index contributed by atoms with van der Waals surface area (Å²) >= 11 is 0. The molecule has 12 aromatic rings. The summed E-state index contributed by atoms with van der Waals surface area (Å²) in [5.74, 6) is 0. The molecule has 5 aromatic heterocycles. The van der Waals surface area contributed by atoms with Crippen molar-refractivity contribution >= 4 is 0 Å². The molecule has 74 heavy (non-hydrogen) atoms. The first-order valence-electron chi connectivity index (χ1n) is 24.9. The van der Waals surface area contributed by atoms with Gasteiger partial charge in [-0.1, -0.05) is 152 Å². The Labute approximate surface area is 431 Å². The van der Waals surface area contributed by atoms with Gasteiger partial charge in [-0.15, -0.1) is 0 Å². The van der Waals surface area contributed by atoms with Gasteiger partial charge in [0, 0.05) is 52.2 Å². The molecule has 7 heteroatoms. The SMILES string of the molecule is Cc1ccc(-n2cc(-c3ccccc3-c3cc(-c4ccccc4-c4ccc(-c5cccc(-c6ccc(-c7ccccc7)cc6)c5)nc4)cc(-c4ccccc4-c4cnn(-c5ccc(C)nc5C)c4)c3)cn2)c(C)n1. The number of hydrogen-bond donors (Lipinski definition) is 0. The fraction of sp³-hybridized carbons (Fsp3) is 0.0597. The van der Waals surface area contributed by atoms with E-state index in [1.165, 1.54) is 16.7 Å². The van der Waals surface area contributed by atoms with Crippen LogP contribution in [-0.4, -0.2) is 34.5 Å². The highest BCUT2D eigenvalue weighted by atomic mass is 15.3. The number of nitrogens with zero attached hydrogens (tertiary/aromatic N) is 7. The predicted molar refractivity (Wildman–Crippen MR) is 302 cm³/mol. The molecule has 0 aliphatic heterocycles.